The number of carbonyl (C=O) groups is 2. The molecule has 1 fully saturated rings. The zero-order chi connectivity index (χ0) is 16.4. The van der Waals surface area contributed by atoms with E-state index < -0.39 is 5.92 Å². The summed E-state index contributed by atoms with van der Waals surface area (Å²) in [6, 6.07) is 7.13. The number of anilines is 1. The van der Waals surface area contributed by atoms with Crippen LogP contribution in [0.2, 0.25) is 0 Å². The van der Waals surface area contributed by atoms with Gasteiger partial charge in [-0.25, -0.2) is 4.99 Å². The molecular formula is C18H20N2O3. The first-order valence-corrected chi connectivity index (χ1v) is 7.85. The van der Waals surface area contributed by atoms with E-state index in [-0.39, 0.29) is 11.8 Å². The number of methoxy groups -OCH3 is 1. The first-order valence-electron chi connectivity index (χ1n) is 7.85. The van der Waals surface area contributed by atoms with E-state index >= 15 is 0 Å². The molecule has 1 aromatic carbocycles. The van der Waals surface area contributed by atoms with Crippen molar-refractivity contribution in [2.75, 3.05) is 12.4 Å². The summed E-state index contributed by atoms with van der Waals surface area (Å²) in [7, 11) is 1.54. The second-order valence-corrected chi connectivity index (χ2v) is 6.10. The summed E-state index contributed by atoms with van der Waals surface area (Å²) < 4.78 is 5.22. The van der Waals surface area contributed by atoms with Gasteiger partial charge in [-0.1, -0.05) is 25.1 Å². The van der Waals surface area contributed by atoms with Gasteiger partial charge in [-0.15, -0.1) is 0 Å². The van der Waals surface area contributed by atoms with Crippen molar-refractivity contribution in [3.05, 3.63) is 35.9 Å². The van der Waals surface area contributed by atoms with Gasteiger partial charge in [0.05, 0.1) is 12.8 Å². The van der Waals surface area contributed by atoms with E-state index in [9.17, 15) is 9.59 Å². The number of ether oxygens (including phenoxy) is 1. The Balaban J connectivity index is 1.80. The molecule has 1 aromatic rings. The Hall–Kier alpha value is -2.43. The minimum absolute atomic E-state index is 0.368. The molecule has 0 aromatic heterocycles. The van der Waals surface area contributed by atoms with E-state index in [0.717, 1.165) is 30.5 Å². The highest BCUT2D eigenvalue weighted by Crippen LogP contribution is 2.31. The number of aliphatic imine (C=N–C) groups is 1. The maximum atomic E-state index is 12.5. The van der Waals surface area contributed by atoms with Gasteiger partial charge in [0.15, 0.2) is 0 Å². The molecule has 2 aliphatic rings. The Labute approximate surface area is 135 Å². The van der Waals surface area contributed by atoms with Gasteiger partial charge >= 0.3 is 0 Å². The van der Waals surface area contributed by atoms with E-state index in [1.54, 1.807) is 31.4 Å². The third-order valence-corrected chi connectivity index (χ3v) is 4.34. The molecule has 1 saturated carbocycles. The molecule has 0 saturated heterocycles. The van der Waals surface area contributed by atoms with Gasteiger partial charge < -0.3 is 10.1 Å². The maximum absolute atomic E-state index is 12.5. The van der Waals surface area contributed by atoms with E-state index in [2.05, 4.69) is 17.2 Å². The number of benzene rings is 1. The molecule has 1 heterocycles. The van der Waals surface area contributed by atoms with Gasteiger partial charge in [0.2, 0.25) is 5.91 Å². The molecule has 0 bridgehead atoms. The monoisotopic (exact) mass is 312 g/mol. The van der Waals surface area contributed by atoms with Gasteiger partial charge in [0.25, 0.3) is 5.91 Å². The van der Waals surface area contributed by atoms with Gasteiger partial charge in [0, 0.05) is 5.71 Å². The SMILES string of the molecule is COc1ccccc1NC(=O)C1C=C2CC(C)CCC2=NC1=O. The Kier molecular flexibility index (Phi) is 4.28. The molecule has 2 atom stereocenters. The maximum Gasteiger partial charge on any atom is 0.262 e. The van der Waals surface area contributed by atoms with Gasteiger partial charge in [0.1, 0.15) is 11.7 Å². The molecule has 0 spiro atoms. The van der Waals surface area contributed by atoms with Crippen LogP contribution < -0.4 is 10.1 Å². The predicted molar refractivity (Wildman–Crippen MR) is 88.7 cm³/mol. The number of nitrogens with one attached hydrogen (secondary N) is 1. The molecule has 5 heteroatoms. The fraction of sp³-hybridized carbons (Fsp3) is 0.389. The molecule has 1 N–H and O–H groups in total. The molecule has 3 rings (SSSR count). The Morgan fingerprint density at radius 3 is 2.91 bits per heavy atom. The highest BCUT2D eigenvalue weighted by Gasteiger charge is 2.32. The van der Waals surface area contributed by atoms with Crippen molar-refractivity contribution in [3.8, 4) is 5.75 Å². The number of hydrogen-bond acceptors (Lipinski definition) is 3. The lowest BCUT2D eigenvalue weighted by atomic mass is 9.82. The summed E-state index contributed by atoms with van der Waals surface area (Å²) in [5, 5.41) is 2.77. The predicted octanol–water partition coefficient (Wildman–Crippen LogP) is 2.98. The summed E-state index contributed by atoms with van der Waals surface area (Å²) in [6.07, 6.45) is 4.52. The molecule has 1 aliphatic heterocycles. The number of amides is 2. The van der Waals surface area contributed by atoms with Crippen LogP contribution in [0.15, 0.2) is 40.9 Å². The molecule has 120 valence electrons. The van der Waals surface area contributed by atoms with Crippen molar-refractivity contribution in [2.24, 2.45) is 16.8 Å². The first-order chi connectivity index (χ1) is 11.1. The summed E-state index contributed by atoms with van der Waals surface area (Å²) >= 11 is 0. The van der Waals surface area contributed by atoms with Crippen LogP contribution >= 0.6 is 0 Å². The van der Waals surface area contributed by atoms with Crippen LogP contribution in [-0.2, 0) is 9.59 Å². The normalized spacial score (nSPS) is 23.5. The number of para-hydroxylation sites is 2. The van der Waals surface area contributed by atoms with Crippen LogP contribution in [0.25, 0.3) is 0 Å². The lowest BCUT2D eigenvalue weighted by Gasteiger charge is -2.26. The fourth-order valence-electron chi connectivity index (χ4n) is 3.05. The molecule has 23 heavy (non-hydrogen) atoms. The van der Waals surface area contributed by atoms with Crippen molar-refractivity contribution in [2.45, 2.75) is 26.2 Å². The van der Waals surface area contributed by atoms with Crippen molar-refractivity contribution < 1.29 is 14.3 Å². The largest absolute Gasteiger partial charge is 0.495 e. The molecule has 2 amide bonds. The number of allylic oxidation sites excluding steroid dienone is 1. The zero-order valence-corrected chi connectivity index (χ0v) is 13.3. The number of nitrogens with zero attached hydrogens (tertiary/aromatic N) is 1. The van der Waals surface area contributed by atoms with Crippen LogP contribution in [0.3, 0.4) is 0 Å². The minimum Gasteiger partial charge on any atom is -0.495 e. The van der Waals surface area contributed by atoms with Crippen LogP contribution in [0.4, 0.5) is 5.69 Å². The van der Waals surface area contributed by atoms with Crippen LogP contribution in [-0.4, -0.2) is 24.6 Å². The second kappa shape index (κ2) is 6.36. The third-order valence-electron chi connectivity index (χ3n) is 4.34. The van der Waals surface area contributed by atoms with Crippen molar-refractivity contribution >= 4 is 23.2 Å². The number of carbonyl (C=O) groups excluding carboxylic acids is 2. The number of rotatable bonds is 3. The van der Waals surface area contributed by atoms with E-state index in [1.165, 1.54) is 0 Å². The highest BCUT2D eigenvalue weighted by atomic mass is 16.5. The molecule has 1 aliphatic carbocycles. The molecule has 5 nitrogen and oxygen atoms in total. The van der Waals surface area contributed by atoms with Crippen molar-refractivity contribution in [1.29, 1.82) is 0 Å². The Morgan fingerprint density at radius 1 is 1.35 bits per heavy atom. The lowest BCUT2D eigenvalue weighted by Crippen LogP contribution is -2.33. The first kappa shape index (κ1) is 15.5. The average Bonchev–Trinajstić information content (AvgIpc) is 2.55. The summed E-state index contributed by atoms with van der Waals surface area (Å²) in [5.41, 5.74) is 2.45. The van der Waals surface area contributed by atoms with Crippen LogP contribution in [0.5, 0.6) is 5.75 Å². The summed E-state index contributed by atoms with van der Waals surface area (Å²) in [4.78, 5) is 28.8. The third kappa shape index (κ3) is 3.18. The summed E-state index contributed by atoms with van der Waals surface area (Å²) in [6.45, 7) is 2.18. The second-order valence-electron chi connectivity index (χ2n) is 6.10. The molecule has 2 unspecified atom stereocenters. The number of hydrogen-bond donors (Lipinski definition) is 1. The minimum atomic E-state index is -0.857. The average molecular weight is 312 g/mol. The van der Waals surface area contributed by atoms with E-state index in [0.29, 0.717) is 17.4 Å². The van der Waals surface area contributed by atoms with Crippen LogP contribution in [0, 0.1) is 11.8 Å². The Morgan fingerprint density at radius 2 is 2.13 bits per heavy atom. The van der Waals surface area contributed by atoms with Gasteiger partial charge in [-0.2, -0.15) is 0 Å². The lowest BCUT2D eigenvalue weighted by molar-refractivity contribution is -0.128. The fourth-order valence-corrected chi connectivity index (χ4v) is 3.05. The quantitative estimate of drug-likeness (QED) is 0.872. The van der Waals surface area contributed by atoms with Crippen molar-refractivity contribution in [1.82, 2.24) is 0 Å². The van der Waals surface area contributed by atoms with E-state index in [4.69, 9.17) is 4.74 Å². The standard InChI is InChI=1S/C18H20N2O3/c1-11-7-8-14-12(9-11)10-13(17(21)19-14)18(22)20-15-5-3-4-6-16(15)23-2/h3-6,10-11,13H,7-9H2,1-2H3,(H,20,22). The zero-order valence-electron chi connectivity index (χ0n) is 13.3. The Bertz CT molecular complexity index is 706. The molecule has 0 radical (unpaired) electrons. The van der Waals surface area contributed by atoms with Crippen molar-refractivity contribution in [3.63, 3.8) is 0 Å². The number of dihydropyridines is 1. The summed E-state index contributed by atoms with van der Waals surface area (Å²) in [5.74, 6) is -0.485. The van der Waals surface area contributed by atoms with Crippen LogP contribution in [0.1, 0.15) is 26.2 Å². The van der Waals surface area contributed by atoms with Gasteiger partial charge in [-0.3, -0.25) is 9.59 Å². The molecular weight excluding hydrogens is 292 g/mol. The van der Waals surface area contributed by atoms with E-state index in [1.807, 2.05) is 6.07 Å². The van der Waals surface area contributed by atoms with Gasteiger partial charge in [-0.05, 0) is 42.9 Å². The topological polar surface area (TPSA) is 67.8 Å². The highest BCUT2D eigenvalue weighted by molar-refractivity contribution is 6.17. The smallest absolute Gasteiger partial charge is 0.262 e. The number of fused-ring (bicyclic) bond motifs is 1.